The summed E-state index contributed by atoms with van der Waals surface area (Å²) in [6.07, 6.45) is 5.06. The molecule has 58 valence electrons. The zero-order valence-corrected chi connectivity index (χ0v) is 7.02. The number of thioether (sulfide) groups is 1. The number of aryl methyl sites for hydroxylation is 1. The van der Waals surface area contributed by atoms with Crippen LogP contribution in [0.2, 0.25) is 0 Å². The van der Waals surface area contributed by atoms with E-state index in [0.29, 0.717) is 23.2 Å². The Morgan fingerprint density at radius 1 is 1.73 bits per heavy atom. The van der Waals surface area contributed by atoms with Gasteiger partial charge in [0.25, 0.3) is 0 Å². The summed E-state index contributed by atoms with van der Waals surface area (Å²) in [5.41, 5.74) is 0. The van der Waals surface area contributed by atoms with Gasteiger partial charge < -0.3 is 4.52 Å². The van der Waals surface area contributed by atoms with E-state index < -0.39 is 0 Å². The van der Waals surface area contributed by atoms with Crippen molar-refractivity contribution in [3.05, 3.63) is 11.7 Å². The second-order valence-electron chi connectivity index (χ2n) is 1.93. The van der Waals surface area contributed by atoms with Crippen molar-refractivity contribution < 1.29 is 4.52 Å². The molecule has 0 aliphatic heterocycles. The van der Waals surface area contributed by atoms with Gasteiger partial charge in [-0.2, -0.15) is 4.98 Å². The van der Waals surface area contributed by atoms with Crippen molar-refractivity contribution in [2.45, 2.75) is 12.7 Å². The van der Waals surface area contributed by atoms with Gasteiger partial charge in [-0.25, -0.2) is 0 Å². The summed E-state index contributed by atoms with van der Waals surface area (Å²) in [5, 5.41) is 3.64. The molecule has 0 radical (unpaired) electrons. The van der Waals surface area contributed by atoms with Gasteiger partial charge >= 0.3 is 0 Å². The van der Waals surface area contributed by atoms with Gasteiger partial charge in [0.2, 0.25) is 5.89 Å². The summed E-state index contributed by atoms with van der Waals surface area (Å²) in [7, 11) is 0. The summed E-state index contributed by atoms with van der Waals surface area (Å²) < 4.78 is 4.86. The first-order valence-electron chi connectivity index (χ1n) is 3.13. The lowest BCUT2D eigenvalue weighted by molar-refractivity contribution is 0.387. The van der Waals surface area contributed by atoms with Gasteiger partial charge in [0.1, 0.15) is 0 Å². The van der Waals surface area contributed by atoms with Crippen LogP contribution in [0.5, 0.6) is 0 Å². The van der Waals surface area contributed by atoms with Crippen LogP contribution >= 0.6 is 11.8 Å². The predicted octanol–water partition coefficient (Wildman–Crippen LogP) is 1.24. The van der Waals surface area contributed by atoms with Crippen LogP contribution in [-0.2, 0) is 5.75 Å². The fraction of sp³-hybridized carbons (Fsp3) is 0.429. The predicted molar refractivity (Wildman–Crippen MR) is 44.0 cm³/mol. The molecule has 0 spiro atoms. The molecular formula is C7H8N2OS. The molecule has 0 aliphatic rings. The third kappa shape index (κ3) is 2.64. The molecule has 0 fully saturated rings. The normalized spacial score (nSPS) is 9.45. The highest BCUT2D eigenvalue weighted by Gasteiger charge is 2.00. The van der Waals surface area contributed by atoms with Crippen LogP contribution in [0.3, 0.4) is 0 Å². The Morgan fingerprint density at radius 3 is 3.09 bits per heavy atom. The van der Waals surface area contributed by atoms with E-state index in [-0.39, 0.29) is 0 Å². The van der Waals surface area contributed by atoms with Crippen molar-refractivity contribution in [1.29, 1.82) is 0 Å². The van der Waals surface area contributed by atoms with Gasteiger partial charge in [-0.1, -0.05) is 11.1 Å². The minimum atomic E-state index is 0.641. The highest BCUT2D eigenvalue weighted by Crippen LogP contribution is 2.08. The van der Waals surface area contributed by atoms with Crippen LogP contribution in [0, 0.1) is 19.3 Å². The van der Waals surface area contributed by atoms with Gasteiger partial charge in [-0.05, 0) is 6.92 Å². The van der Waals surface area contributed by atoms with E-state index in [1.807, 2.05) is 0 Å². The Hall–Kier alpha value is -0.950. The summed E-state index contributed by atoms with van der Waals surface area (Å²) >= 11 is 1.59. The molecule has 3 nitrogen and oxygen atoms in total. The molecule has 0 saturated carbocycles. The first kappa shape index (κ1) is 8.15. The average molecular weight is 168 g/mol. The van der Waals surface area contributed by atoms with E-state index >= 15 is 0 Å². The standard InChI is InChI=1S/C7H8N2OS/c1-3-4-11-5-7-8-6(2)9-10-7/h1H,4-5H2,2H3. The van der Waals surface area contributed by atoms with Crippen molar-refractivity contribution in [3.63, 3.8) is 0 Å². The molecule has 0 saturated heterocycles. The smallest absolute Gasteiger partial charge is 0.236 e. The molecule has 4 heteroatoms. The number of rotatable bonds is 3. The highest BCUT2D eigenvalue weighted by molar-refractivity contribution is 7.98. The van der Waals surface area contributed by atoms with Crippen LogP contribution in [0.1, 0.15) is 11.7 Å². The molecule has 1 rings (SSSR count). The third-order valence-corrected chi connectivity index (χ3v) is 1.80. The zero-order valence-electron chi connectivity index (χ0n) is 6.20. The lowest BCUT2D eigenvalue weighted by Crippen LogP contribution is -1.81. The topological polar surface area (TPSA) is 38.9 Å². The average Bonchev–Trinajstić information content (AvgIpc) is 2.37. The Kier molecular flexibility index (Phi) is 2.99. The summed E-state index contributed by atoms with van der Waals surface area (Å²) in [4.78, 5) is 4.02. The first-order chi connectivity index (χ1) is 5.33. The van der Waals surface area contributed by atoms with Crippen molar-refractivity contribution >= 4 is 11.8 Å². The van der Waals surface area contributed by atoms with Crippen LogP contribution in [0.25, 0.3) is 0 Å². The molecule has 0 N–H and O–H groups in total. The summed E-state index contributed by atoms with van der Waals surface area (Å²) in [5.74, 6) is 5.21. The monoisotopic (exact) mass is 168 g/mol. The molecule has 0 atom stereocenters. The Morgan fingerprint density at radius 2 is 2.55 bits per heavy atom. The van der Waals surface area contributed by atoms with Crippen LogP contribution in [-0.4, -0.2) is 15.9 Å². The Bertz CT molecular complexity index is 264. The largest absolute Gasteiger partial charge is 0.338 e. The molecule has 0 bridgehead atoms. The Balaban J connectivity index is 2.34. The fourth-order valence-electron chi connectivity index (χ4n) is 0.596. The van der Waals surface area contributed by atoms with E-state index in [1.165, 1.54) is 0 Å². The van der Waals surface area contributed by atoms with E-state index in [1.54, 1.807) is 18.7 Å². The van der Waals surface area contributed by atoms with Crippen molar-refractivity contribution in [1.82, 2.24) is 10.1 Å². The zero-order chi connectivity index (χ0) is 8.10. The number of hydrogen-bond acceptors (Lipinski definition) is 4. The van der Waals surface area contributed by atoms with Crippen LogP contribution < -0.4 is 0 Å². The minimum Gasteiger partial charge on any atom is -0.338 e. The molecule has 0 aliphatic carbocycles. The maximum atomic E-state index is 5.06. The van der Waals surface area contributed by atoms with Gasteiger partial charge in [-0.3, -0.25) is 0 Å². The summed E-state index contributed by atoms with van der Waals surface area (Å²) in [6.45, 7) is 1.79. The van der Waals surface area contributed by atoms with E-state index in [2.05, 4.69) is 16.1 Å². The lowest BCUT2D eigenvalue weighted by atomic mass is 10.7. The van der Waals surface area contributed by atoms with Gasteiger partial charge in [0, 0.05) is 0 Å². The third-order valence-electron chi connectivity index (χ3n) is 0.981. The molecule has 0 amide bonds. The van der Waals surface area contributed by atoms with Crippen LogP contribution in [0.4, 0.5) is 0 Å². The molecule has 0 unspecified atom stereocenters. The fourth-order valence-corrected chi connectivity index (χ4v) is 1.11. The molecule has 1 heterocycles. The second kappa shape index (κ2) is 4.04. The number of terminal acetylenes is 1. The molecule has 11 heavy (non-hydrogen) atoms. The maximum absolute atomic E-state index is 5.06. The number of aromatic nitrogens is 2. The highest BCUT2D eigenvalue weighted by atomic mass is 32.2. The second-order valence-corrected chi connectivity index (χ2v) is 2.92. The number of hydrogen-bond donors (Lipinski definition) is 0. The molecule has 1 aromatic heterocycles. The maximum Gasteiger partial charge on any atom is 0.236 e. The first-order valence-corrected chi connectivity index (χ1v) is 4.29. The molecule has 0 aromatic carbocycles. The van der Waals surface area contributed by atoms with Gasteiger partial charge in [0.05, 0.1) is 11.5 Å². The van der Waals surface area contributed by atoms with Gasteiger partial charge in [0.15, 0.2) is 5.82 Å². The van der Waals surface area contributed by atoms with Crippen LogP contribution in [0.15, 0.2) is 4.52 Å². The molecule has 1 aromatic rings. The Labute approximate surface area is 69.6 Å². The summed E-state index contributed by atoms with van der Waals surface area (Å²) in [6, 6.07) is 0. The van der Waals surface area contributed by atoms with Gasteiger partial charge in [-0.15, -0.1) is 18.2 Å². The van der Waals surface area contributed by atoms with Crippen molar-refractivity contribution in [2.24, 2.45) is 0 Å². The van der Waals surface area contributed by atoms with E-state index in [4.69, 9.17) is 10.9 Å². The van der Waals surface area contributed by atoms with E-state index in [9.17, 15) is 0 Å². The quantitative estimate of drug-likeness (QED) is 0.503. The SMILES string of the molecule is C#CCSCc1nc(C)no1. The lowest BCUT2D eigenvalue weighted by Gasteiger charge is -1.87. The van der Waals surface area contributed by atoms with E-state index in [0.717, 1.165) is 0 Å². The molecular weight excluding hydrogens is 160 g/mol. The van der Waals surface area contributed by atoms with Crippen molar-refractivity contribution in [2.75, 3.05) is 5.75 Å². The van der Waals surface area contributed by atoms with Crippen molar-refractivity contribution in [3.8, 4) is 12.3 Å². The number of nitrogens with zero attached hydrogens (tertiary/aromatic N) is 2. The minimum absolute atomic E-state index is 0.641.